The minimum absolute atomic E-state index is 0.145. The maximum atomic E-state index is 12.3. The van der Waals surface area contributed by atoms with Gasteiger partial charge in [0.05, 0.1) is 10.6 Å². The quantitative estimate of drug-likeness (QED) is 0.649. The summed E-state index contributed by atoms with van der Waals surface area (Å²) in [6.07, 6.45) is 3.81. The summed E-state index contributed by atoms with van der Waals surface area (Å²) in [5.74, 6) is -0.145. The highest BCUT2D eigenvalue weighted by atomic mass is 35.5. The van der Waals surface area contributed by atoms with Gasteiger partial charge in [0.25, 0.3) is 5.91 Å². The molecular formula is C20H14ClN3OS. The number of thioether (sulfide) groups is 1. The van der Waals surface area contributed by atoms with Crippen molar-refractivity contribution in [2.75, 3.05) is 0 Å². The molecule has 26 heavy (non-hydrogen) atoms. The van der Waals surface area contributed by atoms with Gasteiger partial charge in [0.1, 0.15) is 0 Å². The topological polar surface area (TPSA) is 46.4 Å². The number of nitrogens with zero attached hydrogens (tertiary/aromatic N) is 2. The number of amidine groups is 1. The standard InChI is InChI=1S/C20H14ClN3OS/c21-14-8-10-16(11-9-14)24-12-4-7-17(24)13-18-19(25)23-20(26-18)22-15-5-2-1-3-6-15/h1-13H,(H,22,23,25)/b18-13-. The monoisotopic (exact) mass is 379 g/mol. The van der Waals surface area contributed by atoms with E-state index >= 15 is 0 Å². The Kier molecular flexibility index (Phi) is 4.65. The van der Waals surface area contributed by atoms with Gasteiger partial charge in [-0.25, -0.2) is 4.99 Å². The van der Waals surface area contributed by atoms with Crippen LogP contribution in [0.25, 0.3) is 11.8 Å². The van der Waals surface area contributed by atoms with Gasteiger partial charge in [-0.15, -0.1) is 0 Å². The Labute approximate surface area is 160 Å². The highest BCUT2D eigenvalue weighted by Gasteiger charge is 2.24. The molecule has 2 heterocycles. The zero-order chi connectivity index (χ0) is 17.9. The third-order valence-corrected chi connectivity index (χ3v) is 4.96. The lowest BCUT2D eigenvalue weighted by Crippen LogP contribution is -2.19. The second-order valence-corrected chi connectivity index (χ2v) is 7.06. The predicted octanol–water partition coefficient (Wildman–Crippen LogP) is 5.02. The molecule has 6 heteroatoms. The van der Waals surface area contributed by atoms with Gasteiger partial charge in [0, 0.05) is 22.6 Å². The summed E-state index contributed by atoms with van der Waals surface area (Å²) in [6.45, 7) is 0. The molecule has 1 aromatic heterocycles. The van der Waals surface area contributed by atoms with Crippen LogP contribution in [-0.2, 0) is 4.79 Å². The highest BCUT2D eigenvalue weighted by Crippen LogP contribution is 2.28. The summed E-state index contributed by atoms with van der Waals surface area (Å²) in [5, 5.41) is 4.08. The fourth-order valence-corrected chi connectivity index (χ4v) is 3.54. The van der Waals surface area contributed by atoms with Crippen molar-refractivity contribution in [3.63, 3.8) is 0 Å². The molecule has 0 aliphatic carbocycles. The van der Waals surface area contributed by atoms with Crippen LogP contribution in [0.1, 0.15) is 5.69 Å². The SMILES string of the molecule is O=C1NC(=Nc2ccccc2)S/C1=C\c1cccn1-c1ccc(Cl)cc1. The van der Waals surface area contributed by atoms with Crippen molar-refractivity contribution in [1.82, 2.24) is 9.88 Å². The van der Waals surface area contributed by atoms with Crippen molar-refractivity contribution in [3.05, 3.63) is 88.5 Å². The van der Waals surface area contributed by atoms with Crippen LogP contribution in [0.4, 0.5) is 5.69 Å². The van der Waals surface area contributed by atoms with E-state index in [0.717, 1.165) is 17.1 Å². The molecule has 4 rings (SSSR count). The van der Waals surface area contributed by atoms with Crippen molar-refractivity contribution < 1.29 is 4.79 Å². The van der Waals surface area contributed by atoms with E-state index in [2.05, 4.69) is 10.3 Å². The van der Waals surface area contributed by atoms with Crippen molar-refractivity contribution in [1.29, 1.82) is 0 Å². The van der Waals surface area contributed by atoms with Crippen molar-refractivity contribution in [3.8, 4) is 5.69 Å². The van der Waals surface area contributed by atoms with Crippen molar-refractivity contribution in [2.45, 2.75) is 0 Å². The molecule has 2 aromatic carbocycles. The number of amides is 1. The Balaban J connectivity index is 1.62. The molecule has 3 aromatic rings. The van der Waals surface area contributed by atoms with Gasteiger partial charge in [0.2, 0.25) is 0 Å². The van der Waals surface area contributed by atoms with Crippen LogP contribution in [0.3, 0.4) is 0 Å². The predicted molar refractivity (Wildman–Crippen MR) is 108 cm³/mol. The first kappa shape index (κ1) is 16.7. The molecule has 0 atom stereocenters. The second kappa shape index (κ2) is 7.23. The molecule has 1 fully saturated rings. The Bertz CT molecular complexity index is 1010. The van der Waals surface area contributed by atoms with Crippen LogP contribution in [0, 0.1) is 0 Å². The largest absolute Gasteiger partial charge is 0.317 e. The average Bonchev–Trinajstić information content (AvgIpc) is 3.24. The van der Waals surface area contributed by atoms with Crippen molar-refractivity contribution in [2.24, 2.45) is 4.99 Å². The Morgan fingerprint density at radius 1 is 1.00 bits per heavy atom. The van der Waals surface area contributed by atoms with Gasteiger partial charge in [-0.3, -0.25) is 4.79 Å². The molecule has 0 saturated carbocycles. The lowest BCUT2D eigenvalue weighted by Gasteiger charge is -2.06. The zero-order valence-corrected chi connectivity index (χ0v) is 15.2. The van der Waals surface area contributed by atoms with Crippen LogP contribution < -0.4 is 5.32 Å². The van der Waals surface area contributed by atoms with E-state index in [-0.39, 0.29) is 5.91 Å². The maximum absolute atomic E-state index is 12.3. The fraction of sp³-hybridized carbons (Fsp3) is 0. The van der Waals surface area contributed by atoms with E-state index in [1.807, 2.05) is 83.6 Å². The number of hydrogen-bond donors (Lipinski definition) is 1. The highest BCUT2D eigenvalue weighted by molar-refractivity contribution is 8.18. The molecule has 0 bridgehead atoms. The number of carbonyl (C=O) groups excluding carboxylic acids is 1. The normalized spacial score (nSPS) is 17.0. The van der Waals surface area contributed by atoms with Crippen molar-refractivity contribution >= 4 is 46.2 Å². The summed E-state index contributed by atoms with van der Waals surface area (Å²) in [5.41, 5.74) is 2.69. The Hall–Kier alpha value is -2.76. The first-order chi connectivity index (χ1) is 12.7. The first-order valence-corrected chi connectivity index (χ1v) is 9.16. The second-order valence-electron chi connectivity index (χ2n) is 5.60. The van der Waals surface area contributed by atoms with E-state index in [4.69, 9.17) is 11.6 Å². The number of aromatic nitrogens is 1. The number of para-hydroxylation sites is 1. The molecule has 1 N–H and O–H groups in total. The molecular weight excluding hydrogens is 366 g/mol. The number of nitrogens with one attached hydrogen (secondary N) is 1. The van der Waals surface area contributed by atoms with E-state index in [9.17, 15) is 4.79 Å². The Morgan fingerprint density at radius 3 is 2.54 bits per heavy atom. The molecule has 1 amide bonds. The van der Waals surface area contributed by atoms with Gasteiger partial charge >= 0.3 is 0 Å². The van der Waals surface area contributed by atoms with Gasteiger partial charge in [0.15, 0.2) is 5.17 Å². The van der Waals surface area contributed by atoms with Gasteiger partial charge < -0.3 is 9.88 Å². The summed E-state index contributed by atoms with van der Waals surface area (Å²) >= 11 is 7.30. The summed E-state index contributed by atoms with van der Waals surface area (Å²) < 4.78 is 2.00. The number of benzene rings is 2. The number of aliphatic imine (C=N–C) groups is 1. The van der Waals surface area contributed by atoms with Crippen LogP contribution >= 0.6 is 23.4 Å². The van der Waals surface area contributed by atoms with E-state index in [1.165, 1.54) is 11.8 Å². The third-order valence-electron chi connectivity index (χ3n) is 3.80. The van der Waals surface area contributed by atoms with Crippen LogP contribution in [0.2, 0.25) is 5.02 Å². The molecule has 4 nitrogen and oxygen atoms in total. The Morgan fingerprint density at radius 2 is 1.77 bits per heavy atom. The summed E-state index contributed by atoms with van der Waals surface area (Å²) in [6, 6.07) is 21.0. The smallest absolute Gasteiger partial charge is 0.264 e. The number of carbonyl (C=O) groups is 1. The molecule has 1 aliphatic heterocycles. The molecule has 1 aliphatic rings. The third kappa shape index (κ3) is 3.59. The lowest BCUT2D eigenvalue weighted by atomic mass is 10.3. The molecule has 1 saturated heterocycles. The van der Waals surface area contributed by atoms with Gasteiger partial charge in [-0.05, 0) is 66.4 Å². The molecule has 0 spiro atoms. The van der Waals surface area contributed by atoms with Gasteiger partial charge in [-0.2, -0.15) is 0 Å². The summed E-state index contributed by atoms with van der Waals surface area (Å²) in [4.78, 5) is 17.4. The van der Waals surface area contributed by atoms with E-state index in [1.54, 1.807) is 0 Å². The maximum Gasteiger partial charge on any atom is 0.264 e. The fourth-order valence-electron chi connectivity index (χ4n) is 2.58. The van der Waals surface area contributed by atoms with E-state index < -0.39 is 0 Å². The number of hydrogen-bond acceptors (Lipinski definition) is 3. The van der Waals surface area contributed by atoms with Crippen LogP contribution in [0.15, 0.2) is 82.8 Å². The number of halogens is 1. The molecule has 0 radical (unpaired) electrons. The van der Waals surface area contributed by atoms with E-state index in [0.29, 0.717) is 15.1 Å². The van der Waals surface area contributed by atoms with Crippen LogP contribution in [-0.4, -0.2) is 15.6 Å². The summed E-state index contributed by atoms with van der Waals surface area (Å²) in [7, 11) is 0. The zero-order valence-electron chi connectivity index (χ0n) is 13.6. The number of rotatable bonds is 3. The molecule has 0 unspecified atom stereocenters. The minimum Gasteiger partial charge on any atom is -0.317 e. The van der Waals surface area contributed by atoms with Gasteiger partial charge in [-0.1, -0.05) is 29.8 Å². The lowest BCUT2D eigenvalue weighted by molar-refractivity contribution is -0.115. The average molecular weight is 380 g/mol. The van der Waals surface area contributed by atoms with Crippen LogP contribution in [0.5, 0.6) is 0 Å². The minimum atomic E-state index is -0.145. The first-order valence-electron chi connectivity index (χ1n) is 7.97. The molecule has 128 valence electrons.